The zero-order chi connectivity index (χ0) is 15.2. The molecule has 0 saturated heterocycles. The fourth-order valence-corrected chi connectivity index (χ4v) is 2.65. The highest BCUT2D eigenvalue weighted by Crippen LogP contribution is 2.27. The Kier molecular flexibility index (Phi) is 6.09. The van der Waals surface area contributed by atoms with Gasteiger partial charge in [-0.15, -0.1) is 0 Å². The van der Waals surface area contributed by atoms with Gasteiger partial charge >= 0.3 is 0 Å². The van der Waals surface area contributed by atoms with Gasteiger partial charge in [0, 0.05) is 19.3 Å². The molecular weight excluding hydrogens is 305 g/mol. The summed E-state index contributed by atoms with van der Waals surface area (Å²) >= 11 is 12.1. The molecule has 0 aliphatic carbocycles. The van der Waals surface area contributed by atoms with Crippen LogP contribution in [-0.2, 0) is 13.5 Å². The molecule has 2 aromatic rings. The molecule has 21 heavy (non-hydrogen) atoms. The topological polar surface area (TPSA) is 29.9 Å². The maximum atomic E-state index is 6.14. The van der Waals surface area contributed by atoms with Crippen molar-refractivity contribution >= 4 is 23.2 Å². The van der Waals surface area contributed by atoms with Gasteiger partial charge in [-0.2, -0.15) is 5.10 Å². The molecule has 1 aromatic heterocycles. The lowest BCUT2D eigenvalue weighted by atomic mass is 10.00. The molecule has 1 aromatic carbocycles. The minimum absolute atomic E-state index is 0.278. The molecule has 0 fully saturated rings. The number of hydrogen-bond acceptors (Lipinski definition) is 2. The fourth-order valence-electron chi connectivity index (χ4n) is 2.35. The van der Waals surface area contributed by atoms with Crippen molar-refractivity contribution in [2.24, 2.45) is 7.05 Å². The van der Waals surface area contributed by atoms with Gasteiger partial charge in [0.15, 0.2) is 0 Å². The lowest BCUT2D eigenvalue weighted by Gasteiger charge is -2.19. The summed E-state index contributed by atoms with van der Waals surface area (Å²) < 4.78 is 1.84. The number of aromatic nitrogens is 2. The van der Waals surface area contributed by atoms with E-state index in [0.29, 0.717) is 10.0 Å². The Hall–Kier alpha value is -1.03. The van der Waals surface area contributed by atoms with Crippen molar-refractivity contribution in [3.8, 4) is 0 Å². The van der Waals surface area contributed by atoms with Crippen LogP contribution in [-0.4, -0.2) is 16.3 Å². The average molecular weight is 326 g/mol. The zero-order valence-corrected chi connectivity index (χ0v) is 14.0. The Labute approximate surface area is 136 Å². The quantitative estimate of drug-likeness (QED) is 0.817. The van der Waals surface area contributed by atoms with E-state index in [4.69, 9.17) is 23.2 Å². The minimum atomic E-state index is 0.278. The molecule has 0 amide bonds. The first-order chi connectivity index (χ1) is 10.1. The van der Waals surface area contributed by atoms with Gasteiger partial charge in [-0.3, -0.25) is 4.68 Å². The van der Waals surface area contributed by atoms with E-state index in [2.05, 4.69) is 23.5 Å². The predicted octanol–water partition coefficient (Wildman–Crippen LogP) is 4.40. The van der Waals surface area contributed by atoms with Crippen LogP contribution in [0.25, 0.3) is 0 Å². The van der Waals surface area contributed by atoms with Gasteiger partial charge in [-0.1, -0.05) is 36.2 Å². The molecule has 1 heterocycles. The Morgan fingerprint density at radius 1 is 1.29 bits per heavy atom. The van der Waals surface area contributed by atoms with Crippen molar-refractivity contribution in [3.05, 3.63) is 51.8 Å². The van der Waals surface area contributed by atoms with Crippen LogP contribution in [0.3, 0.4) is 0 Å². The van der Waals surface area contributed by atoms with Crippen LogP contribution < -0.4 is 5.32 Å². The summed E-state index contributed by atoms with van der Waals surface area (Å²) in [5.74, 6) is 0. The van der Waals surface area contributed by atoms with Gasteiger partial charge in [0.05, 0.1) is 16.2 Å². The van der Waals surface area contributed by atoms with Gasteiger partial charge in [-0.05, 0) is 49.1 Å². The third-order valence-electron chi connectivity index (χ3n) is 3.47. The molecule has 0 bridgehead atoms. The molecule has 0 spiro atoms. The number of hydrogen-bond donors (Lipinski definition) is 1. The van der Waals surface area contributed by atoms with Crippen molar-refractivity contribution in [3.63, 3.8) is 0 Å². The van der Waals surface area contributed by atoms with Crippen LogP contribution in [0, 0.1) is 0 Å². The van der Waals surface area contributed by atoms with E-state index in [-0.39, 0.29) is 6.04 Å². The van der Waals surface area contributed by atoms with Gasteiger partial charge < -0.3 is 5.32 Å². The van der Waals surface area contributed by atoms with Crippen LogP contribution in [0.15, 0.2) is 30.6 Å². The lowest BCUT2D eigenvalue weighted by Crippen LogP contribution is -2.22. The van der Waals surface area contributed by atoms with E-state index >= 15 is 0 Å². The molecule has 1 N–H and O–H groups in total. The van der Waals surface area contributed by atoms with Crippen LogP contribution in [0.5, 0.6) is 0 Å². The lowest BCUT2D eigenvalue weighted by molar-refractivity contribution is 0.499. The summed E-state index contributed by atoms with van der Waals surface area (Å²) in [7, 11) is 1.94. The van der Waals surface area contributed by atoms with Gasteiger partial charge in [0.1, 0.15) is 0 Å². The van der Waals surface area contributed by atoms with Crippen molar-refractivity contribution < 1.29 is 0 Å². The average Bonchev–Trinajstić information content (AvgIpc) is 2.88. The second-order valence-electron chi connectivity index (χ2n) is 5.24. The van der Waals surface area contributed by atoms with Crippen molar-refractivity contribution in [2.45, 2.75) is 32.2 Å². The Balaban J connectivity index is 2.07. The molecule has 5 heteroatoms. The smallest absolute Gasteiger partial charge is 0.0595 e. The molecular formula is C16H21Cl2N3. The van der Waals surface area contributed by atoms with E-state index in [9.17, 15) is 0 Å². The van der Waals surface area contributed by atoms with Crippen LogP contribution >= 0.6 is 23.2 Å². The normalized spacial score (nSPS) is 12.6. The summed E-state index contributed by atoms with van der Waals surface area (Å²) in [6.45, 7) is 3.15. The summed E-state index contributed by atoms with van der Waals surface area (Å²) in [6, 6.07) is 6.15. The molecule has 0 radical (unpaired) electrons. The Morgan fingerprint density at radius 2 is 2.10 bits per heavy atom. The SMILES string of the molecule is CCCNC(CCc1cnn(C)c1)c1ccc(Cl)c(Cl)c1. The summed E-state index contributed by atoms with van der Waals surface area (Å²) in [5, 5.41) is 9.00. The summed E-state index contributed by atoms with van der Waals surface area (Å²) in [6.07, 6.45) is 7.07. The van der Waals surface area contributed by atoms with Crippen LogP contribution in [0.2, 0.25) is 10.0 Å². The van der Waals surface area contributed by atoms with Crippen LogP contribution in [0.1, 0.15) is 36.9 Å². The third-order valence-corrected chi connectivity index (χ3v) is 4.21. The second-order valence-corrected chi connectivity index (χ2v) is 6.06. The number of benzene rings is 1. The molecule has 0 aliphatic rings. The number of rotatable bonds is 7. The van der Waals surface area contributed by atoms with Gasteiger partial charge in [0.25, 0.3) is 0 Å². The largest absolute Gasteiger partial charge is 0.310 e. The summed E-state index contributed by atoms with van der Waals surface area (Å²) in [4.78, 5) is 0. The highest BCUT2D eigenvalue weighted by atomic mass is 35.5. The highest BCUT2D eigenvalue weighted by Gasteiger charge is 2.13. The Bertz CT molecular complexity index is 581. The maximum absolute atomic E-state index is 6.14. The first kappa shape index (κ1) is 16.3. The highest BCUT2D eigenvalue weighted by molar-refractivity contribution is 6.42. The minimum Gasteiger partial charge on any atom is -0.310 e. The van der Waals surface area contributed by atoms with E-state index < -0.39 is 0 Å². The molecule has 2 rings (SSSR count). The number of aryl methyl sites for hydroxylation is 2. The van der Waals surface area contributed by atoms with Crippen molar-refractivity contribution in [2.75, 3.05) is 6.54 Å². The molecule has 0 saturated carbocycles. The van der Waals surface area contributed by atoms with Gasteiger partial charge in [-0.25, -0.2) is 0 Å². The molecule has 114 valence electrons. The molecule has 1 unspecified atom stereocenters. The predicted molar refractivity (Wildman–Crippen MR) is 89.0 cm³/mol. The Morgan fingerprint density at radius 3 is 2.71 bits per heavy atom. The molecule has 1 atom stereocenters. The maximum Gasteiger partial charge on any atom is 0.0595 e. The standard InChI is InChI=1S/C16H21Cl2N3/c1-3-8-19-16(7-4-12-10-20-21(2)11-12)13-5-6-14(17)15(18)9-13/h5-6,9-11,16,19H,3-4,7-8H2,1-2H3. The number of nitrogens with zero attached hydrogens (tertiary/aromatic N) is 2. The third kappa shape index (κ3) is 4.73. The zero-order valence-electron chi connectivity index (χ0n) is 12.4. The first-order valence-corrected chi connectivity index (χ1v) is 8.01. The molecule has 0 aliphatic heterocycles. The number of nitrogens with one attached hydrogen (secondary N) is 1. The van der Waals surface area contributed by atoms with Crippen molar-refractivity contribution in [1.82, 2.24) is 15.1 Å². The second kappa shape index (κ2) is 7.83. The summed E-state index contributed by atoms with van der Waals surface area (Å²) in [5.41, 5.74) is 2.43. The first-order valence-electron chi connectivity index (χ1n) is 7.26. The van der Waals surface area contributed by atoms with Crippen LogP contribution in [0.4, 0.5) is 0 Å². The van der Waals surface area contributed by atoms with E-state index in [1.165, 1.54) is 11.1 Å². The van der Waals surface area contributed by atoms with E-state index in [0.717, 1.165) is 25.8 Å². The van der Waals surface area contributed by atoms with Crippen molar-refractivity contribution in [1.29, 1.82) is 0 Å². The van der Waals surface area contributed by atoms with E-state index in [1.54, 1.807) is 0 Å². The van der Waals surface area contributed by atoms with Gasteiger partial charge in [0.2, 0.25) is 0 Å². The number of halogens is 2. The fraction of sp³-hybridized carbons (Fsp3) is 0.438. The van der Waals surface area contributed by atoms with E-state index in [1.807, 2.05) is 36.1 Å². The monoisotopic (exact) mass is 325 g/mol. The molecule has 3 nitrogen and oxygen atoms in total.